The van der Waals surface area contributed by atoms with Crippen LogP contribution in [0.3, 0.4) is 0 Å². The van der Waals surface area contributed by atoms with Gasteiger partial charge in [0.25, 0.3) is 0 Å². The first-order valence-corrected chi connectivity index (χ1v) is 11.6. The minimum atomic E-state index is -1.41. The zero-order chi connectivity index (χ0) is 27.3. The van der Waals surface area contributed by atoms with Crippen molar-refractivity contribution >= 4 is 35.6 Å². The van der Waals surface area contributed by atoms with Crippen molar-refractivity contribution in [1.29, 1.82) is 0 Å². The van der Waals surface area contributed by atoms with Crippen molar-refractivity contribution < 1.29 is 39.0 Å². The van der Waals surface area contributed by atoms with Gasteiger partial charge in [-0.2, -0.15) is 0 Å². The first-order chi connectivity index (χ1) is 16.2. The predicted molar refractivity (Wildman–Crippen MR) is 126 cm³/mol. The monoisotopic (exact) mass is 501 g/mol. The van der Waals surface area contributed by atoms with Crippen LogP contribution in [0.25, 0.3) is 0 Å². The average Bonchev–Trinajstić information content (AvgIpc) is 2.79. The summed E-state index contributed by atoms with van der Waals surface area (Å²) in [7, 11) is 0. The van der Waals surface area contributed by atoms with Gasteiger partial charge >= 0.3 is 11.9 Å². The summed E-state index contributed by atoms with van der Waals surface area (Å²) in [6.07, 6.45) is -0.129. The Hall–Kier alpha value is -3.22. The molecule has 4 amide bonds. The van der Waals surface area contributed by atoms with E-state index in [0.29, 0.717) is 12.8 Å². The lowest BCUT2D eigenvalue weighted by molar-refractivity contribution is -0.143. The first-order valence-electron chi connectivity index (χ1n) is 11.6. The molecule has 35 heavy (non-hydrogen) atoms. The zero-order valence-electron chi connectivity index (χ0n) is 20.7. The van der Waals surface area contributed by atoms with E-state index in [0.717, 1.165) is 0 Å². The molecule has 9 N–H and O–H groups in total. The fraction of sp³-hybridized carbons (Fsp3) is 0.727. The van der Waals surface area contributed by atoms with Crippen molar-refractivity contribution in [2.45, 2.75) is 90.4 Å². The number of carbonyl (C=O) groups is 6. The van der Waals surface area contributed by atoms with Gasteiger partial charge in [-0.3, -0.25) is 24.0 Å². The van der Waals surface area contributed by atoms with E-state index in [9.17, 15) is 33.9 Å². The first kappa shape index (κ1) is 31.8. The summed E-state index contributed by atoms with van der Waals surface area (Å²) in [5.41, 5.74) is 11.0. The third-order valence-corrected chi connectivity index (χ3v) is 5.93. The Bertz CT molecular complexity index is 775. The molecule has 0 saturated heterocycles. The molecule has 0 bridgehead atoms. The Labute approximate surface area is 204 Å². The standard InChI is InChI=1S/C22H39N5O8/c1-5-11(3)17(24)20(32)25-13(8-10-16(29)30)19(31)27-18(12(4)6-2)21(33)26-14(22(34)35)7-9-15(23)28/h11-14,17-18H,5-10,24H2,1-4H3,(H2,23,28)(H,25,32)(H,26,33)(H,27,31)(H,29,30)(H,34,35). The van der Waals surface area contributed by atoms with Crippen molar-refractivity contribution in [3.63, 3.8) is 0 Å². The van der Waals surface area contributed by atoms with E-state index in [2.05, 4.69) is 16.0 Å². The summed E-state index contributed by atoms with van der Waals surface area (Å²) in [6, 6.07) is -4.79. The fourth-order valence-corrected chi connectivity index (χ4v) is 3.08. The maximum Gasteiger partial charge on any atom is 0.326 e. The number of rotatable bonds is 17. The van der Waals surface area contributed by atoms with Gasteiger partial charge in [0.05, 0.1) is 6.04 Å². The van der Waals surface area contributed by atoms with Crippen LogP contribution < -0.4 is 27.4 Å². The van der Waals surface area contributed by atoms with Gasteiger partial charge in [-0.1, -0.05) is 40.5 Å². The van der Waals surface area contributed by atoms with Gasteiger partial charge < -0.3 is 37.6 Å². The predicted octanol–water partition coefficient (Wildman–Crippen LogP) is -0.925. The summed E-state index contributed by atoms with van der Waals surface area (Å²) in [6.45, 7) is 7.02. The topological polar surface area (TPSA) is 231 Å². The molecule has 0 saturated carbocycles. The van der Waals surface area contributed by atoms with Crippen LogP contribution in [0.5, 0.6) is 0 Å². The van der Waals surface area contributed by atoms with Gasteiger partial charge in [0.2, 0.25) is 23.6 Å². The molecule has 0 rings (SSSR count). The molecule has 13 heteroatoms. The summed E-state index contributed by atoms with van der Waals surface area (Å²) < 4.78 is 0. The van der Waals surface area contributed by atoms with Gasteiger partial charge in [0.15, 0.2) is 0 Å². The maximum atomic E-state index is 13.0. The lowest BCUT2D eigenvalue weighted by Crippen LogP contribution is -2.59. The summed E-state index contributed by atoms with van der Waals surface area (Å²) in [5.74, 6) is -6.16. The second-order valence-corrected chi connectivity index (χ2v) is 8.68. The lowest BCUT2D eigenvalue weighted by Gasteiger charge is -2.28. The number of primary amides is 1. The third kappa shape index (κ3) is 11.7. The van der Waals surface area contributed by atoms with E-state index in [4.69, 9.17) is 16.6 Å². The van der Waals surface area contributed by atoms with Crippen LogP contribution in [-0.4, -0.2) is 69.9 Å². The summed E-state index contributed by atoms with van der Waals surface area (Å²) >= 11 is 0. The number of carbonyl (C=O) groups excluding carboxylic acids is 4. The highest BCUT2D eigenvalue weighted by molar-refractivity contribution is 5.94. The Morgan fingerprint density at radius 2 is 1.26 bits per heavy atom. The molecule has 0 aromatic rings. The fourth-order valence-electron chi connectivity index (χ4n) is 3.08. The molecule has 200 valence electrons. The average molecular weight is 502 g/mol. The molecule has 13 nitrogen and oxygen atoms in total. The van der Waals surface area contributed by atoms with Crippen LogP contribution in [0.1, 0.15) is 66.2 Å². The van der Waals surface area contributed by atoms with Crippen molar-refractivity contribution in [2.75, 3.05) is 0 Å². The molecule has 0 aliphatic rings. The minimum absolute atomic E-state index is 0.190. The number of carboxylic acid groups (broad SMARTS) is 2. The highest BCUT2D eigenvalue weighted by atomic mass is 16.4. The van der Waals surface area contributed by atoms with Crippen molar-refractivity contribution in [3.05, 3.63) is 0 Å². The molecule has 0 aromatic heterocycles. The Kier molecular flexibility index (Phi) is 14.2. The lowest BCUT2D eigenvalue weighted by atomic mass is 9.96. The summed E-state index contributed by atoms with van der Waals surface area (Å²) in [4.78, 5) is 71.9. The second kappa shape index (κ2) is 15.6. The van der Waals surface area contributed by atoms with E-state index in [1.54, 1.807) is 20.8 Å². The molecule has 0 aliphatic carbocycles. The van der Waals surface area contributed by atoms with E-state index < -0.39 is 72.1 Å². The van der Waals surface area contributed by atoms with Crippen molar-refractivity contribution in [1.82, 2.24) is 16.0 Å². The number of amides is 4. The van der Waals surface area contributed by atoms with Gasteiger partial charge in [-0.05, 0) is 24.7 Å². The minimum Gasteiger partial charge on any atom is -0.481 e. The van der Waals surface area contributed by atoms with E-state index in [-0.39, 0.29) is 25.2 Å². The maximum absolute atomic E-state index is 13.0. The van der Waals surface area contributed by atoms with Gasteiger partial charge in [0.1, 0.15) is 18.1 Å². The Morgan fingerprint density at radius 1 is 0.743 bits per heavy atom. The van der Waals surface area contributed by atoms with Gasteiger partial charge in [-0.25, -0.2) is 4.79 Å². The van der Waals surface area contributed by atoms with Gasteiger partial charge in [0, 0.05) is 12.8 Å². The van der Waals surface area contributed by atoms with E-state index in [1.807, 2.05) is 6.92 Å². The van der Waals surface area contributed by atoms with Gasteiger partial charge in [-0.15, -0.1) is 0 Å². The van der Waals surface area contributed by atoms with Crippen LogP contribution in [0.15, 0.2) is 0 Å². The van der Waals surface area contributed by atoms with E-state index >= 15 is 0 Å². The molecule has 0 radical (unpaired) electrons. The molecular formula is C22H39N5O8. The van der Waals surface area contributed by atoms with Crippen LogP contribution in [-0.2, 0) is 28.8 Å². The zero-order valence-corrected chi connectivity index (χ0v) is 20.7. The molecule has 0 aliphatic heterocycles. The molecule has 0 aromatic carbocycles. The number of aliphatic carboxylic acids is 2. The van der Waals surface area contributed by atoms with Crippen molar-refractivity contribution in [3.8, 4) is 0 Å². The number of carboxylic acids is 2. The highest BCUT2D eigenvalue weighted by Gasteiger charge is 2.33. The molecule has 0 heterocycles. The molecule has 6 unspecified atom stereocenters. The number of hydrogen-bond donors (Lipinski definition) is 7. The molecule has 6 atom stereocenters. The van der Waals surface area contributed by atoms with Crippen LogP contribution in [0, 0.1) is 11.8 Å². The van der Waals surface area contributed by atoms with Crippen LogP contribution >= 0.6 is 0 Å². The second-order valence-electron chi connectivity index (χ2n) is 8.68. The third-order valence-electron chi connectivity index (χ3n) is 5.93. The molecule has 0 spiro atoms. The van der Waals surface area contributed by atoms with Crippen LogP contribution in [0.4, 0.5) is 0 Å². The highest BCUT2D eigenvalue weighted by Crippen LogP contribution is 2.12. The van der Waals surface area contributed by atoms with Crippen LogP contribution in [0.2, 0.25) is 0 Å². The van der Waals surface area contributed by atoms with Crippen molar-refractivity contribution in [2.24, 2.45) is 23.3 Å². The summed E-state index contributed by atoms with van der Waals surface area (Å²) in [5, 5.41) is 25.6. The Balaban J connectivity index is 5.66. The number of hydrogen-bond acceptors (Lipinski definition) is 7. The van der Waals surface area contributed by atoms with E-state index in [1.165, 1.54) is 0 Å². The number of nitrogens with one attached hydrogen (secondary N) is 3. The smallest absolute Gasteiger partial charge is 0.326 e. The molecule has 0 fully saturated rings. The Morgan fingerprint density at radius 3 is 1.71 bits per heavy atom. The SMILES string of the molecule is CCC(C)C(N)C(=O)NC(CCC(=O)O)C(=O)NC(C(=O)NC(CCC(N)=O)C(=O)O)C(C)CC. The quantitative estimate of drug-likeness (QED) is 0.130. The molecular weight excluding hydrogens is 462 g/mol. The largest absolute Gasteiger partial charge is 0.481 e. The normalized spacial score (nSPS) is 16.0. The number of nitrogens with two attached hydrogens (primary N) is 2.